The van der Waals surface area contributed by atoms with Crippen LogP contribution in [0.1, 0.15) is 33.6 Å². The highest BCUT2D eigenvalue weighted by atomic mass is 35.5. The highest BCUT2D eigenvalue weighted by Gasteiger charge is 2.67. The Hall–Kier alpha value is 0.210. The molecular formula is C8H16ClNO. The van der Waals surface area contributed by atoms with Gasteiger partial charge in [0.05, 0.1) is 11.2 Å². The molecule has 0 unspecified atom stereocenters. The van der Waals surface area contributed by atoms with Crippen LogP contribution in [0.15, 0.2) is 0 Å². The van der Waals surface area contributed by atoms with Crippen molar-refractivity contribution in [2.45, 2.75) is 50.4 Å². The van der Waals surface area contributed by atoms with Crippen LogP contribution in [0.2, 0.25) is 0 Å². The molecular weight excluding hydrogens is 162 g/mol. The van der Waals surface area contributed by atoms with Gasteiger partial charge in [0.15, 0.2) is 0 Å². The largest absolute Gasteiger partial charge is 0.367 e. The van der Waals surface area contributed by atoms with Gasteiger partial charge in [-0.05, 0) is 33.6 Å². The summed E-state index contributed by atoms with van der Waals surface area (Å²) in [6, 6.07) is 0. The first-order valence-electron chi connectivity index (χ1n) is 3.86. The second kappa shape index (κ2) is 1.93. The molecule has 1 saturated carbocycles. The van der Waals surface area contributed by atoms with Crippen molar-refractivity contribution in [3.63, 3.8) is 0 Å². The lowest BCUT2D eigenvalue weighted by Crippen LogP contribution is -2.59. The van der Waals surface area contributed by atoms with E-state index in [0.29, 0.717) is 0 Å². The predicted molar refractivity (Wildman–Crippen MR) is 47.0 cm³/mol. The van der Waals surface area contributed by atoms with Crippen molar-refractivity contribution >= 4 is 12.4 Å². The Morgan fingerprint density at radius 1 is 1.18 bits per heavy atom. The summed E-state index contributed by atoms with van der Waals surface area (Å²) < 4.78 is 5.79. The number of nitrogens with two attached hydrogens (primary N) is 1. The molecule has 0 aromatic rings. The molecule has 0 atom stereocenters. The van der Waals surface area contributed by atoms with Crippen LogP contribution >= 0.6 is 12.4 Å². The number of fused-ring (bicyclic) bond motifs is 1. The molecule has 0 radical (unpaired) electrons. The minimum Gasteiger partial charge on any atom is -0.367 e. The van der Waals surface area contributed by atoms with Crippen LogP contribution in [0.4, 0.5) is 0 Å². The number of hydrogen-bond acceptors (Lipinski definition) is 2. The Morgan fingerprint density at radius 3 is 1.73 bits per heavy atom. The van der Waals surface area contributed by atoms with E-state index >= 15 is 0 Å². The van der Waals surface area contributed by atoms with E-state index in [1.807, 2.05) is 0 Å². The van der Waals surface area contributed by atoms with Gasteiger partial charge in [0.1, 0.15) is 0 Å². The highest BCUT2D eigenvalue weighted by Crippen LogP contribution is 2.58. The lowest BCUT2D eigenvalue weighted by molar-refractivity contribution is -0.0425. The molecule has 3 heteroatoms. The molecule has 11 heavy (non-hydrogen) atoms. The van der Waals surface area contributed by atoms with Gasteiger partial charge in [0.25, 0.3) is 0 Å². The van der Waals surface area contributed by atoms with Gasteiger partial charge in [-0.25, -0.2) is 0 Å². The SMILES string of the molecule is CC12CC(N)(C1)C(C)(C)O2.Cl. The average molecular weight is 178 g/mol. The summed E-state index contributed by atoms with van der Waals surface area (Å²) in [5.74, 6) is 0. The van der Waals surface area contributed by atoms with Crippen molar-refractivity contribution < 1.29 is 4.74 Å². The third-order valence-corrected chi connectivity index (χ3v) is 3.08. The van der Waals surface area contributed by atoms with Crippen molar-refractivity contribution in [3.8, 4) is 0 Å². The third kappa shape index (κ3) is 0.930. The van der Waals surface area contributed by atoms with Gasteiger partial charge in [0.2, 0.25) is 0 Å². The third-order valence-electron chi connectivity index (χ3n) is 3.08. The van der Waals surface area contributed by atoms with Crippen LogP contribution in [0.3, 0.4) is 0 Å². The molecule has 2 nitrogen and oxygen atoms in total. The average Bonchev–Trinajstić information content (AvgIpc) is 1.79. The summed E-state index contributed by atoms with van der Waals surface area (Å²) in [6.45, 7) is 6.32. The molecule has 2 saturated heterocycles. The minimum atomic E-state index is -0.0955. The molecule has 3 rings (SSSR count). The zero-order valence-corrected chi connectivity index (χ0v) is 8.12. The maximum absolute atomic E-state index is 6.08. The smallest absolute Gasteiger partial charge is 0.0814 e. The molecule has 3 fully saturated rings. The first-order valence-corrected chi connectivity index (χ1v) is 3.86. The molecule has 2 bridgehead atoms. The second-order valence-electron chi connectivity index (χ2n) is 4.57. The second-order valence-corrected chi connectivity index (χ2v) is 4.57. The van der Waals surface area contributed by atoms with Crippen LogP contribution in [-0.4, -0.2) is 16.7 Å². The number of ether oxygens (including phenoxy) is 1. The molecule has 2 N–H and O–H groups in total. The van der Waals surface area contributed by atoms with E-state index in [-0.39, 0.29) is 29.1 Å². The van der Waals surface area contributed by atoms with Gasteiger partial charge in [-0.1, -0.05) is 0 Å². The summed E-state index contributed by atoms with van der Waals surface area (Å²) in [5, 5.41) is 0. The summed E-state index contributed by atoms with van der Waals surface area (Å²) in [4.78, 5) is 0. The fourth-order valence-electron chi connectivity index (χ4n) is 2.50. The van der Waals surface area contributed by atoms with Crippen LogP contribution in [0, 0.1) is 0 Å². The fraction of sp³-hybridized carbons (Fsp3) is 1.00. The molecule has 1 aliphatic carbocycles. The van der Waals surface area contributed by atoms with E-state index in [9.17, 15) is 0 Å². The van der Waals surface area contributed by atoms with Gasteiger partial charge in [-0.3, -0.25) is 0 Å². The Morgan fingerprint density at radius 2 is 1.64 bits per heavy atom. The molecule has 66 valence electrons. The van der Waals surface area contributed by atoms with E-state index in [1.165, 1.54) is 0 Å². The standard InChI is InChI=1S/C8H15NO.ClH/c1-6(2)8(9)4-7(3,5-8)10-6;/h4-5,9H2,1-3H3;1H. The highest BCUT2D eigenvalue weighted by molar-refractivity contribution is 5.85. The monoisotopic (exact) mass is 177 g/mol. The van der Waals surface area contributed by atoms with E-state index in [2.05, 4.69) is 20.8 Å². The zero-order chi connectivity index (χ0) is 7.62. The van der Waals surface area contributed by atoms with E-state index in [4.69, 9.17) is 10.5 Å². The maximum Gasteiger partial charge on any atom is 0.0814 e. The van der Waals surface area contributed by atoms with Crippen LogP contribution in [-0.2, 0) is 4.74 Å². The summed E-state index contributed by atoms with van der Waals surface area (Å²) in [6.07, 6.45) is 2.07. The van der Waals surface area contributed by atoms with Crippen molar-refractivity contribution in [1.29, 1.82) is 0 Å². The van der Waals surface area contributed by atoms with Crippen LogP contribution in [0.25, 0.3) is 0 Å². The van der Waals surface area contributed by atoms with Crippen molar-refractivity contribution in [2.75, 3.05) is 0 Å². The summed E-state index contributed by atoms with van der Waals surface area (Å²) in [5.41, 5.74) is 6.07. The van der Waals surface area contributed by atoms with Gasteiger partial charge in [-0.15, -0.1) is 12.4 Å². The Kier molecular flexibility index (Phi) is 1.63. The Balaban J connectivity index is 0.000000605. The summed E-state index contributed by atoms with van der Waals surface area (Å²) >= 11 is 0. The number of hydrogen-bond donors (Lipinski definition) is 1. The lowest BCUT2D eigenvalue weighted by atomic mass is 9.64. The van der Waals surface area contributed by atoms with Crippen molar-refractivity contribution in [1.82, 2.24) is 0 Å². The quantitative estimate of drug-likeness (QED) is 0.608. The van der Waals surface area contributed by atoms with Gasteiger partial charge in [0, 0.05) is 5.54 Å². The van der Waals surface area contributed by atoms with Crippen LogP contribution < -0.4 is 5.73 Å². The predicted octanol–water partition coefficient (Wildman–Crippen LogP) is 1.47. The van der Waals surface area contributed by atoms with E-state index in [0.717, 1.165) is 12.8 Å². The van der Waals surface area contributed by atoms with Gasteiger partial charge < -0.3 is 10.5 Å². The van der Waals surface area contributed by atoms with Crippen molar-refractivity contribution in [2.24, 2.45) is 5.73 Å². The van der Waals surface area contributed by atoms with E-state index < -0.39 is 0 Å². The number of halogens is 1. The molecule has 2 aliphatic heterocycles. The fourth-order valence-corrected chi connectivity index (χ4v) is 2.50. The van der Waals surface area contributed by atoms with Gasteiger partial charge in [-0.2, -0.15) is 0 Å². The van der Waals surface area contributed by atoms with E-state index in [1.54, 1.807) is 0 Å². The van der Waals surface area contributed by atoms with Crippen molar-refractivity contribution in [3.05, 3.63) is 0 Å². The molecule has 0 aromatic heterocycles. The molecule has 2 heterocycles. The first-order chi connectivity index (χ1) is 4.37. The molecule has 0 aromatic carbocycles. The zero-order valence-electron chi connectivity index (χ0n) is 7.31. The molecule has 3 aliphatic rings. The normalized spacial score (nSPS) is 51.3. The maximum atomic E-state index is 6.08. The Bertz CT molecular complexity index is 182. The Labute approximate surface area is 73.9 Å². The van der Waals surface area contributed by atoms with Gasteiger partial charge >= 0.3 is 0 Å². The summed E-state index contributed by atoms with van der Waals surface area (Å²) in [7, 11) is 0. The van der Waals surface area contributed by atoms with Crippen LogP contribution in [0.5, 0.6) is 0 Å². The first kappa shape index (κ1) is 9.30. The number of rotatable bonds is 0. The minimum absolute atomic E-state index is 0. The molecule has 0 amide bonds. The topological polar surface area (TPSA) is 35.2 Å². The molecule has 0 spiro atoms. The lowest BCUT2D eigenvalue weighted by Gasteiger charge is -2.42.